The van der Waals surface area contributed by atoms with Crippen molar-refractivity contribution in [1.29, 1.82) is 0 Å². The molecule has 0 rings (SSSR count). The van der Waals surface area contributed by atoms with E-state index in [9.17, 15) is 24.0 Å². The summed E-state index contributed by atoms with van der Waals surface area (Å²) in [5, 5.41) is 19.6. The van der Waals surface area contributed by atoms with Crippen molar-refractivity contribution in [2.24, 2.45) is 17.6 Å². The second-order valence-electron chi connectivity index (χ2n) is 9.83. The number of nitrogens with zero attached hydrogens (tertiary/aromatic N) is 1. The van der Waals surface area contributed by atoms with E-state index in [2.05, 4.69) is 46.8 Å². The lowest BCUT2D eigenvalue weighted by molar-refractivity contribution is -0.132. The number of urea groups is 1. The number of likely N-dealkylation sites (N-methyl/N-ethyl adjacent to an activating group) is 1. The van der Waals surface area contributed by atoms with Gasteiger partial charge in [0.1, 0.15) is 12.8 Å². The van der Waals surface area contributed by atoms with E-state index in [0.29, 0.717) is 12.8 Å². The van der Waals surface area contributed by atoms with Crippen LogP contribution in [0.4, 0.5) is 4.79 Å². The Labute approximate surface area is 258 Å². The van der Waals surface area contributed by atoms with Gasteiger partial charge in [-0.05, 0) is 45.1 Å². The van der Waals surface area contributed by atoms with Crippen LogP contribution in [0.25, 0.3) is 0 Å². The largest absolute Gasteiger partial charge is 0.380 e. The Morgan fingerprint density at radius 1 is 0.881 bits per heavy atom. The van der Waals surface area contributed by atoms with Crippen LogP contribution in [0.2, 0.25) is 0 Å². The number of hydrogen-bond donors (Lipinski definition) is 7. The van der Waals surface area contributed by atoms with Crippen molar-refractivity contribution >= 4 is 41.7 Å². The second kappa shape index (κ2) is 30.1. The number of ketones is 1. The van der Waals surface area contributed by atoms with E-state index in [1.165, 1.54) is 11.2 Å². The van der Waals surface area contributed by atoms with Crippen molar-refractivity contribution in [3.63, 3.8) is 0 Å². The first-order valence-corrected chi connectivity index (χ1v) is 15.5. The van der Waals surface area contributed by atoms with Crippen LogP contribution in [0, 0.1) is 11.8 Å². The minimum absolute atomic E-state index is 0.00907. The van der Waals surface area contributed by atoms with E-state index in [4.69, 9.17) is 10.8 Å². The molecule has 5 amide bonds. The maximum absolute atomic E-state index is 12.8. The molecule has 42 heavy (non-hydrogen) atoms. The number of nitrogens with two attached hydrogens (primary N) is 1. The molecule has 0 spiro atoms. The molecule has 0 radical (unpaired) electrons. The summed E-state index contributed by atoms with van der Waals surface area (Å²) in [6.07, 6.45) is 0.923. The normalized spacial score (nSPS) is 12.2. The second-order valence-corrected chi connectivity index (χ2v) is 10.8. The van der Waals surface area contributed by atoms with Crippen molar-refractivity contribution in [2.45, 2.75) is 113 Å². The molecular formula is C28H61N7O6S. The van der Waals surface area contributed by atoms with Crippen molar-refractivity contribution in [1.82, 2.24) is 30.3 Å². The minimum Gasteiger partial charge on any atom is -0.380 e. The van der Waals surface area contributed by atoms with E-state index < -0.39 is 36.0 Å². The Kier molecular flexibility index (Phi) is 33.3. The molecule has 0 aliphatic carbocycles. The molecule has 14 heteroatoms. The summed E-state index contributed by atoms with van der Waals surface area (Å²) < 4.78 is 3.98. The van der Waals surface area contributed by atoms with Crippen LogP contribution in [-0.4, -0.2) is 84.4 Å². The number of carbonyl (C=O) groups is 5. The number of rotatable bonds is 17. The van der Waals surface area contributed by atoms with Gasteiger partial charge in [-0.25, -0.2) is 9.10 Å². The van der Waals surface area contributed by atoms with E-state index in [0.717, 1.165) is 18.1 Å². The molecular weight excluding hydrogens is 562 g/mol. The summed E-state index contributed by atoms with van der Waals surface area (Å²) in [4.78, 5) is 60.2. The third-order valence-electron chi connectivity index (χ3n) is 4.87. The number of nitrogens with one attached hydrogen (secondary N) is 5. The average molecular weight is 624 g/mol. The summed E-state index contributed by atoms with van der Waals surface area (Å²) in [5.74, 6) is -0.908. The first kappa shape index (κ1) is 46.5. The van der Waals surface area contributed by atoms with Gasteiger partial charge in [-0.1, -0.05) is 62.3 Å². The van der Waals surface area contributed by atoms with Gasteiger partial charge in [-0.2, -0.15) is 0 Å². The number of amides is 5. The highest BCUT2D eigenvalue weighted by Crippen LogP contribution is 2.08. The number of hydrogen-bond acceptors (Lipinski definition) is 9. The highest BCUT2D eigenvalue weighted by atomic mass is 32.2. The van der Waals surface area contributed by atoms with E-state index in [-0.39, 0.29) is 43.7 Å². The Morgan fingerprint density at radius 3 is 1.81 bits per heavy atom. The van der Waals surface area contributed by atoms with Gasteiger partial charge in [0.2, 0.25) is 17.7 Å². The minimum atomic E-state index is -0.867. The summed E-state index contributed by atoms with van der Waals surface area (Å²) in [6.45, 7) is 19.4. The SMILES string of the molecule is CC.CC.CC(C)C.CNC(CCC(=O)NC(C(=O)NC(CCCNC(N)=O)C(C)=O)C(C)C)C(=O)NSN(C)CO. The van der Waals surface area contributed by atoms with Gasteiger partial charge in [-0.15, -0.1) is 0 Å². The lowest BCUT2D eigenvalue weighted by atomic mass is 10.0. The molecule has 0 aromatic heterocycles. The van der Waals surface area contributed by atoms with Crippen LogP contribution in [0.1, 0.15) is 94.9 Å². The van der Waals surface area contributed by atoms with Gasteiger partial charge in [0, 0.05) is 32.1 Å². The summed E-state index contributed by atoms with van der Waals surface area (Å²) in [7, 11) is 3.19. The first-order valence-electron chi connectivity index (χ1n) is 14.8. The van der Waals surface area contributed by atoms with Crippen molar-refractivity contribution in [3.05, 3.63) is 0 Å². The van der Waals surface area contributed by atoms with E-state index in [1.807, 2.05) is 27.7 Å². The smallest absolute Gasteiger partial charge is 0.312 e. The maximum Gasteiger partial charge on any atom is 0.312 e. The maximum atomic E-state index is 12.8. The topological polar surface area (TPSA) is 195 Å². The van der Waals surface area contributed by atoms with E-state index in [1.54, 1.807) is 27.9 Å². The third kappa shape index (κ3) is 27.7. The molecule has 0 aromatic rings. The molecule has 0 aliphatic heterocycles. The zero-order chi connectivity index (χ0) is 33.8. The zero-order valence-corrected chi connectivity index (χ0v) is 28.9. The monoisotopic (exact) mass is 623 g/mol. The lowest BCUT2D eigenvalue weighted by Crippen LogP contribution is -2.53. The van der Waals surface area contributed by atoms with Gasteiger partial charge >= 0.3 is 6.03 Å². The molecule has 8 N–H and O–H groups in total. The van der Waals surface area contributed by atoms with Gasteiger partial charge in [0.05, 0.1) is 12.1 Å². The quantitative estimate of drug-likeness (QED) is 0.0723. The fraction of sp³-hybridized carbons (Fsp3) is 0.821. The van der Waals surface area contributed by atoms with Crippen LogP contribution in [0.15, 0.2) is 0 Å². The van der Waals surface area contributed by atoms with Crippen LogP contribution < -0.4 is 31.7 Å². The molecule has 0 heterocycles. The predicted octanol–water partition coefficient (Wildman–Crippen LogP) is 2.29. The Balaban J connectivity index is -0.000000808. The summed E-state index contributed by atoms with van der Waals surface area (Å²) in [5.41, 5.74) is 5.01. The molecule has 0 aliphatic rings. The number of carbonyl (C=O) groups excluding carboxylic acids is 5. The van der Waals surface area contributed by atoms with Crippen LogP contribution in [-0.2, 0) is 19.2 Å². The standard InChI is InChI=1S/C20H39N7O6S.C4H10.2C2H6/c1-12(2)17(19(32)24-14(13(3)29)7-6-10-23-20(21)33)25-16(30)9-8-15(22-4)18(31)26-34-27(5)11-28;1-4(2)3;2*1-2/h12,14-15,17,22,28H,6-11H2,1-5H3,(H,24,32)(H,25,30)(H,26,31)(H3,21,23,33);4H,1-3H3;2*1-2H3. The molecule has 0 bridgehead atoms. The lowest BCUT2D eigenvalue weighted by Gasteiger charge is -2.25. The van der Waals surface area contributed by atoms with Crippen LogP contribution >= 0.6 is 12.1 Å². The number of primary amides is 1. The fourth-order valence-electron chi connectivity index (χ4n) is 2.84. The molecule has 3 unspecified atom stereocenters. The fourth-order valence-corrected chi connectivity index (χ4v) is 3.29. The molecule has 0 aromatic carbocycles. The highest BCUT2D eigenvalue weighted by Gasteiger charge is 2.28. The third-order valence-corrected chi connectivity index (χ3v) is 5.59. The predicted molar refractivity (Wildman–Crippen MR) is 172 cm³/mol. The molecule has 0 saturated carbocycles. The van der Waals surface area contributed by atoms with Gasteiger partial charge in [0.25, 0.3) is 0 Å². The highest BCUT2D eigenvalue weighted by molar-refractivity contribution is 7.95. The Bertz CT molecular complexity index is 739. The van der Waals surface area contributed by atoms with Crippen LogP contribution in [0.5, 0.6) is 0 Å². The van der Waals surface area contributed by atoms with Gasteiger partial charge in [-0.3, -0.25) is 23.9 Å². The number of Topliss-reactive ketones (excluding diaryl/α,β-unsaturated/α-hetero) is 1. The summed E-state index contributed by atoms with van der Waals surface area (Å²) in [6, 6.07) is -2.94. The molecule has 250 valence electrons. The zero-order valence-electron chi connectivity index (χ0n) is 28.1. The van der Waals surface area contributed by atoms with Crippen molar-refractivity contribution < 1.29 is 29.1 Å². The first-order chi connectivity index (χ1) is 19.7. The number of aliphatic hydroxyl groups is 1. The Morgan fingerprint density at radius 2 is 1.40 bits per heavy atom. The average Bonchev–Trinajstić information content (AvgIpc) is 2.93. The van der Waals surface area contributed by atoms with Crippen LogP contribution in [0.3, 0.4) is 0 Å². The van der Waals surface area contributed by atoms with Gasteiger partial charge in [0.15, 0.2) is 5.78 Å². The molecule has 3 atom stereocenters. The molecule has 13 nitrogen and oxygen atoms in total. The van der Waals surface area contributed by atoms with Crippen molar-refractivity contribution in [3.8, 4) is 0 Å². The van der Waals surface area contributed by atoms with Gasteiger partial charge < -0.3 is 32.1 Å². The summed E-state index contributed by atoms with van der Waals surface area (Å²) >= 11 is 0.933. The van der Waals surface area contributed by atoms with E-state index >= 15 is 0 Å². The van der Waals surface area contributed by atoms with Crippen molar-refractivity contribution in [2.75, 3.05) is 27.4 Å². The number of aliphatic hydroxyl groups excluding tert-OH is 1. The molecule has 0 saturated heterocycles. The molecule has 0 fully saturated rings. The Hall–Kier alpha value is -2.42.